The number of fused-ring (bicyclic) bond motifs is 1. The second-order valence-electron chi connectivity index (χ2n) is 6.78. The van der Waals surface area contributed by atoms with Gasteiger partial charge in [0.2, 0.25) is 5.95 Å². The van der Waals surface area contributed by atoms with Gasteiger partial charge < -0.3 is 15.5 Å². The van der Waals surface area contributed by atoms with E-state index in [1.165, 1.54) is 17.4 Å². The van der Waals surface area contributed by atoms with Gasteiger partial charge in [0.05, 0.1) is 17.2 Å². The van der Waals surface area contributed by atoms with Gasteiger partial charge in [0, 0.05) is 25.3 Å². The molecule has 1 atom stereocenters. The normalized spacial score (nSPS) is 14.0. The van der Waals surface area contributed by atoms with Gasteiger partial charge in [-0.15, -0.1) is 48.6 Å². The fourth-order valence-electron chi connectivity index (χ4n) is 3.06. The standard InChI is InChI=1S/C18H20FN7OS.3ClH/c1-9(11-4-12(19)6-21-5-11)22-18-24-14(15-16(25-18)23-10(2)28-15)17(27)26-7-13(8-26)20-3;;;/h4-6,9,13,20H,7-8H2,1-3H3,(H,22,24,25);3*1H. The highest BCUT2D eigenvalue weighted by Gasteiger charge is 2.32. The van der Waals surface area contributed by atoms with Gasteiger partial charge in [0.15, 0.2) is 11.3 Å². The highest BCUT2D eigenvalue weighted by atomic mass is 35.5. The Labute approximate surface area is 201 Å². The third-order valence-corrected chi connectivity index (χ3v) is 5.68. The van der Waals surface area contributed by atoms with E-state index in [-0.39, 0.29) is 55.1 Å². The van der Waals surface area contributed by atoms with Crippen molar-refractivity contribution in [2.45, 2.75) is 25.9 Å². The Kier molecular flexibility index (Phi) is 9.77. The van der Waals surface area contributed by atoms with E-state index >= 15 is 0 Å². The van der Waals surface area contributed by atoms with Gasteiger partial charge in [-0.3, -0.25) is 9.78 Å². The number of nitrogens with one attached hydrogen (secondary N) is 2. The van der Waals surface area contributed by atoms with Crippen LogP contribution in [0.5, 0.6) is 0 Å². The molecule has 0 aromatic carbocycles. The van der Waals surface area contributed by atoms with Crippen molar-refractivity contribution in [2.24, 2.45) is 0 Å². The molecule has 3 aromatic rings. The molecule has 1 aliphatic heterocycles. The van der Waals surface area contributed by atoms with E-state index in [1.807, 2.05) is 20.9 Å². The number of anilines is 1. The van der Waals surface area contributed by atoms with E-state index < -0.39 is 5.82 Å². The molecule has 31 heavy (non-hydrogen) atoms. The summed E-state index contributed by atoms with van der Waals surface area (Å²) in [5.74, 6) is -0.264. The van der Waals surface area contributed by atoms with Crippen molar-refractivity contribution >= 4 is 70.8 Å². The average Bonchev–Trinajstić information content (AvgIpc) is 3.00. The number of hydrogen-bond donors (Lipinski definition) is 2. The number of carbonyl (C=O) groups is 1. The number of thiazole rings is 1. The molecule has 2 N–H and O–H groups in total. The predicted octanol–water partition coefficient (Wildman–Crippen LogP) is 3.41. The van der Waals surface area contributed by atoms with Crippen LogP contribution in [-0.4, -0.2) is 56.9 Å². The third-order valence-electron chi connectivity index (χ3n) is 4.71. The van der Waals surface area contributed by atoms with Crippen molar-refractivity contribution in [3.8, 4) is 0 Å². The molecule has 4 heterocycles. The Morgan fingerprint density at radius 1 is 1.23 bits per heavy atom. The number of likely N-dealkylation sites (tertiary alicyclic amines) is 1. The zero-order valence-electron chi connectivity index (χ0n) is 17.0. The monoisotopic (exact) mass is 509 g/mol. The first-order chi connectivity index (χ1) is 13.4. The van der Waals surface area contributed by atoms with Gasteiger partial charge in [-0.05, 0) is 32.5 Å². The Balaban J connectivity index is 0.00000160. The molecule has 170 valence electrons. The first-order valence-corrected chi connectivity index (χ1v) is 9.75. The number of carbonyl (C=O) groups excluding carboxylic acids is 1. The molecular formula is C18H23Cl3FN7OS. The highest BCUT2D eigenvalue weighted by Crippen LogP contribution is 2.27. The Bertz CT molecular complexity index is 1050. The van der Waals surface area contributed by atoms with E-state index in [0.29, 0.717) is 40.7 Å². The van der Waals surface area contributed by atoms with Crippen LogP contribution in [-0.2, 0) is 0 Å². The van der Waals surface area contributed by atoms with E-state index in [9.17, 15) is 9.18 Å². The number of nitrogens with zero attached hydrogens (tertiary/aromatic N) is 5. The van der Waals surface area contributed by atoms with Crippen LogP contribution in [0.4, 0.5) is 10.3 Å². The molecule has 1 fully saturated rings. The maximum Gasteiger partial charge on any atom is 0.274 e. The van der Waals surface area contributed by atoms with Gasteiger partial charge in [-0.25, -0.2) is 14.4 Å². The molecule has 0 spiro atoms. The SMILES string of the molecule is CNC1CN(C(=O)c2nc(NC(C)c3cncc(F)c3)nc3nc(C)sc23)C1.Cl.Cl.Cl. The number of amides is 1. The molecular weight excluding hydrogens is 488 g/mol. The van der Waals surface area contributed by atoms with Crippen molar-refractivity contribution in [1.82, 2.24) is 30.2 Å². The van der Waals surface area contributed by atoms with Crippen LogP contribution in [0.15, 0.2) is 18.5 Å². The lowest BCUT2D eigenvalue weighted by atomic mass is 10.1. The van der Waals surface area contributed by atoms with Crippen molar-refractivity contribution in [3.05, 3.63) is 40.5 Å². The Morgan fingerprint density at radius 3 is 2.58 bits per heavy atom. The molecule has 4 rings (SSSR count). The van der Waals surface area contributed by atoms with Crippen LogP contribution in [0.2, 0.25) is 0 Å². The van der Waals surface area contributed by atoms with E-state index in [2.05, 4.69) is 30.6 Å². The Morgan fingerprint density at radius 2 is 1.94 bits per heavy atom. The third kappa shape index (κ3) is 5.69. The number of pyridine rings is 1. The summed E-state index contributed by atoms with van der Waals surface area (Å²) in [4.78, 5) is 31.9. The topological polar surface area (TPSA) is 95.9 Å². The van der Waals surface area contributed by atoms with Gasteiger partial charge >= 0.3 is 0 Å². The zero-order valence-corrected chi connectivity index (χ0v) is 20.2. The lowest BCUT2D eigenvalue weighted by molar-refractivity contribution is 0.0573. The van der Waals surface area contributed by atoms with Crippen LogP contribution in [0.25, 0.3) is 10.3 Å². The number of rotatable bonds is 5. The smallest absolute Gasteiger partial charge is 0.274 e. The fraction of sp³-hybridized carbons (Fsp3) is 0.389. The van der Waals surface area contributed by atoms with Crippen molar-refractivity contribution in [3.63, 3.8) is 0 Å². The summed E-state index contributed by atoms with van der Waals surface area (Å²) in [6.45, 7) is 5.01. The molecule has 0 aliphatic carbocycles. The molecule has 13 heteroatoms. The maximum absolute atomic E-state index is 13.5. The summed E-state index contributed by atoms with van der Waals surface area (Å²) in [5, 5.41) is 7.10. The first kappa shape index (κ1) is 27.2. The van der Waals surface area contributed by atoms with E-state index in [0.717, 1.165) is 11.2 Å². The lowest BCUT2D eigenvalue weighted by Crippen LogP contribution is -2.59. The minimum absolute atomic E-state index is 0. The average molecular weight is 511 g/mol. The molecule has 0 bridgehead atoms. The summed E-state index contributed by atoms with van der Waals surface area (Å²) in [6, 6.07) is 1.42. The van der Waals surface area contributed by atoms with Gasteiger partial charge in [-0.1, -0.05) is 0 Å². The number of hydrogen-bond acceptors (Lipinski definition) is 8. The molecule has 0 radical (unpaired) electrons. The molecule has 8 nitrogen and oxygen atoms in total. The van der Waals surface area contributed by atoms with Crippen LogP contribution < -0.4 is 10.6 Å². The summed E-state index contributed by atoms with van der Waals surface area (Å²) < 4.78 is 14.1. The number of halogens is 4. The molecule has 1 saturated heterocycles. The molecule has 1 amide bonds. The van der Waals surface area contributed by atoms with E-state index in [4.69, 9.17) is 0 Å². The highest BCUT2D eigenvalue weighted by molar-refractivity contribution is 7.18. The zero-order chi connectivity index (χ0) is 19.8. The van der Waals surface area contributed by atoms with E-state index in [1.54, 1.807) is 11.1 Å². The maximum atomic E-state index is 13.5. The minimum atomic E-state index is -0.412. The summed E-state index contributed by atoms with van der Waals surface area (Å²) in [5.41, 5.74) is 1.49. The van der Waals surface area contributed by atoms with Crippen LogP contribution >= 0.6 is 48.6 Å². The largest absolute Gasteiger partial charge is 0.348 e. The minimum Gasteiger partial charge on any atom is -0.348 e. The lowest BCUT2D eigenvalue weighted by Gasteiger charge is -2.38. The second-order valence-corrected chi connectivity index (χ2v) is 7.98. The second kappa shape index (κ2) is 11.1. The number of aryl methyl sites for hydroxylation is 1. The van der Waals surface area contributed by atoms with Crippen LogP contribution in [0.1, 0.15) is 34.0 Å². The molecule has 1 unspecified atom stereocenters. The van der Waals surface area contributed by atoms with Gasteiger partial charge in [0.1, 0.15) is 10.5 Å². The quantitative estimate of drug-likeness (QED) is 0.543. The van der Waals surface area contributed by atoms with Crippen molar-refractivity contribution < 1.29 is 9.18 Å². The van der Waals surface area contributed by atoms with Crippen molar-refractivity contribution in [1.29, 1.82) is 0 Å². The van der Waals surface area contributed by atoms with Crippen LogP contribution in [0.3, 0.4) is 0 Å². The fourth-order valence-corrected chi connectivity index (χ4v) is 3.90. The molecule has 3 aromatic heterocycles. The first-order valence-electron chi connectivity index (χ1n) is 8.93. The summed E-state index contributed by atoms with van der Waals surface area (Å²) in [7, 11) is 1.88. The van der Waals surface area contributed by atoms with Gasteiger partial charge in [0.25, 0.3) is 5.91 Å². The molecule has 1 aliphatic rings. The summed E-state index contributed by atoms with van der Waals surface area (Å²) in [6.07, 6.45) is 2.73. The Hall–Kier alpha value is -1.85. The number of likely N-dealkylation sites (N-methyl/N-ethyl adjacent to an activating group) is 1. The van der Waals surface area contributed by atoms with Crippen LogP contribution in [0, 0.1) is 12.7 Å². The molecule has 0 saturated carbocycles. The van der Waals surface area contributed by atoms with Crippen molar-refractivity contribution in [2.75, 3.05) is 25.5 Å². The van der Waals surface area contributed by atoms with Gasteiger partial charge in [-0.2, -0.15) is 4.98 Å². The predicted molar refractivity (Wildman–Crippen MR) is 127 cm³/mol. The summed E-state index contributed by atoms with van der Waals surface area (Å²) >= 11 is 1.40. The number of aromatic nitrogens is 4.